The maximum Gasteiger partial charge on any atom is 0.331 e. The summed E-state index contributed by atoms with van der Waals surface area (Å²) in [6.45, 7) is 18.9. The molecular formula is C12H28O2Si. The molecule has 0 aromatic carbocycles. The second-order valence-electron chi connectivity index (χ2n) is 7.10. The summed E-state index contributed by atoms with van der Waals surface area (Å²) < 4.78 is 11.8. The molecule has 0 N–H and O–H groups in total. The molecule has 0 heterocycles. The third kappa shape index (κ3) is 10.4. The van der Waals surface area contributed by atoms with E-state index in [0.29, 0.717) is 0 Å². The first kappa shape index (κ1) is 15.1. The predicted octanol–water partition coefficient (Wildman–Crippen LogP) is 3.81. The Morgan fingerprint density at radius 2 is 1.00 bits per heavy atom. The molecule has 92 valence electrons. The Labute approximate surface area is 96.6 Å². The lowest BCUT2D eigenvalue weighted by molar-refractivity contribution is 0.0997. The lowest BCUT2D eigenvalue weighted by Crippen LogP contribution is -2.40. The first-order valence-electron chi connectivity index (χ1n) is 5.69. The summed E-state index contributed by atoms with van der Waals surface area (Å²) in [5.41, 5.74) is 0.435. The van der Waals surface area contributed by atoms with Crippen molar-refractivity contribution in [3.05, 3.63) is 0 Å². The lowest BCUT2D eigenvalue weighted by Gasteiger charge is -2.30. The van der Waals surface area contributed by atoms with Crippen LogP contribution >= 0.6 is 0 Å². The molecule has 3 heteroatoms. The molecule has 0 aromatic rings. The van der Waals surface area contributed by atoms with Crippen molar-refractivity contribution < 1.29 is 8.85 Å². The first-order chi connectivity index (χ1) is 6.41. The van der Waals surface area contributed by atoms with Gasteiger partial charge in [0.2, 0.25) is 0 Å². The van der Waals surface area contributed by atoms with E-state index in [9.17, 15) is 0 Å². The van der Waals surface area contributed by atoms with Gasteiger partial charge in [-0.3, -0.25) is 0 Å². The molecule has 0 unspecified atom stereocenters. The van der Waals surface area contributed by atoms with E-state index in [1.807, 2.05) is 0 Å². The van der Waals surface area contributed by atoms with Gasteiger partial charge in [0.05, 0.1) is 0 Å². The summed E-state index contributed by atoms with van der Waals surface area (Å²) in [6.07, 6.45) is 0. The van der Waals surface area contributed by atoms with Gasteiger partial charge in [0, 0.05) is 13.2 Å². The van der Waals surface area contributed by atoms with Crippen LogP contribution in [0.15, 0.2) is 0 Å². The standard InChI is InChI=1S/C12H28O2Si/c1-11(2,3)9-13-15(7,8)14-10-12(4,5)6/h9-10H2,1-8H3. The maximum atomic E-state index is 5.91. The van der Waals surface area contributed by atoms with Gasteiger partial charge >= 0.3 is 8.56 Å². The highest BCUT2D eigenvalue weighted by Crippen LogP contribution is 2.20. The molecule has 0 radical (unpaired) electrons. The third-order valence-corrected chi connectivity index (χ3v) is 3.38. The van der Waals surface area contributed by atoms with Crippen LogP contribution in [-0.2, 0) is 8.85 Å². The van der Waals surface area contributed by atoms with Crippen LogP contribution in [0.25, 0.3) is 0 Å². The molecule has 0 atom stereocenters. The minimum Gasteiger partial charge on any atom is -0.394 e. The van der Waals surface area contributed by atoms with Crippen LogP contribution < -0.4 is 0 Å². The minimum atomic E-state index is -1.92. The van der Waals surface area contributed by atoms with Gasteiger partial charge in [-0.05, 0) is 23.9 Å². The van der Waals surface area contributed by atoms with E-state index in [1.165, 1.54) is 0 Å². The lowest BCUT2D eigenvalue weighted by atomic mass is 9.99. The Morgan fingerprint density at radius 3 is 1.20 bits per heavy atom. The molecule has 0 saturated carbocycles. The Balaban J connectivity index is 3.98. The van der Waals surface area contributed by atoms with Gasteiger partial charge in [0.15, 0.2) is 0 Å². The second-order valence-corrected chi connectivity index (χ2v) is 10.5. The zero-order valence-corrected chi connectivity index (χ0v) is 12.7. The Kier molecular flexibility index (Phi) is 5.02. The van der Waals surface area contributed by atoms with E-state index in [4.69, 9.17) is 8.85 Å². The smallest absolute Gasteiger partial charge is 0.331 e. The molecule has 0 aromatic heterocycles. The molecule has 0 saturated heterocycles. The largest absolute Gasteiger partial charge is 0.394 e. The molecular weight excluding hydrogens is 204 g/mol. The summed E-state index contributed by atoms with van der Waals surface area (Å²) in [4.78, 5) is 0. The van der Waals surface area contributed by atoms with Gasteiger partial charge in [0.1, 0.15) is 0 Å². The number of rotatable bonds is 4. The van der Waals surface area contributed by atoms with Crippen LogP contribution in [0.2, 0.25) is 13.1 Å². The third-order valence-electron chi connectivity index (χ3n) is 1.71. The highest BCUT2D eigenvalue weighted by Gasteiger charge is 2.28. The van der Waals surface area contributed by atoms with Crippen LogP contribution in [0, 0.1) is 10.8 Å². The van der Waals surface area contributed by atoms with Gasteiger partial charge in [0.25, 0.3) is 0 Å². The van der Waals surface area contributed by atoms with E-state index >= 15 is 0 Å². The number of hydrogen-bond acceptors (Lipinski definition) is 2. The van der Waals surface area contributed by atoms with E-state index in [2.05, 4.69) is 54.6 Å². The molecule has 0 spiro atoms. The molecule has 0 aliphatic heterocycles. The molecule has 0 aliphatic carbocycles. The van der Waals surface area contributed by atoms with Crippen molar-refractivity contribution in [2.75, 3.05) is 13.2 Å². The fraction of sp³-hybridized carbons (Fsp3) is 1.00. The molecule has 0 amide bonds. The average molecular weight is 232 g/mol. The molecule has 0 fully saturated rings. The van der Waals surface area contributed by atoms with E-state index in [1.54, 1.807) is 0 Å². The van der Waals surface area contributed by atoms with E-state index < -0.39 is 8.56 Å². The molecule has 0 bridgehead atoms. The molecule has 2 nitrogen and oxygen atoms in total. The van der Waals surface area contributed by atoms with Crippen molar-refractivity contribution in [3.63, 3.8) is 0 Å². The predicted molar refractivity (Wildman–Crippen MR) is 68.3 cm³/mol. The van der Waals surface area contributed by atoms with Crippen LogP contribution in [-0.4, -0.2) is 21.8 Å². The molecule has 15 heavy (non-hydrogen) atoms. The van der Waals surface area contributed by atoms with E-state index in [-0.39, 0.29) is 10.8 Å². The van der Waals surface area contributed by atoms with Crippen molar-refractivity contribution in [2.45, 2.75) is 54.6 Å². The summed E-state index contributed by atoms with van der Waals surface area (Å²) in [6, 6.07) is 0. The number of hydrogen-bond donors (Lipinski definition) is 0. The fourth-order valence-corrected chi connectivity index (χ4v) is 2.47. The summed E-state index contributed by atoms with van der Waals surface area (Å²) >= 11 is 0. The van der Waals surface area contributed by atoms with Gasteiger partial charge in [-0.25, -0.2) is 0 Å². The quantitative estimate of drug-likeness (QED) is 0.686. The van der Waals surface area contributed by atoms with Gasteiger partial charge < -0.3 is 8.85 Å². The van der Waals surface area contributed by atoms with Gasteiger partial charge in [-0.1, -0.05) is 41.5 Å². The van der Waals surface area contributed by atoms with Crippen molar-refractivity contribution in [1.29, 1.82) is 0 Å². The maximum absolute atomic E-state index is 5.91. The fourth-order valence-electron chi connectivity index (χ4n) is 0.822. The summed E-state index contributed by atoms with van der Waals surface area (Å²) in [7, 11) is -1.92. The van der Waals surface area contributed by atoms with Crippen molar-refractivity contribution >= 4 is 8.56 Å². The Morgan fingerprint density at radius 1 is 0.733 bits per heavy atom. The average Bonchev–Trinajstić information content (AvgIpc) is 1.96. The SMILES string of the molecule is CC(C)(C)CO[Si](C)(C)OCC(C)(C)C. The van der Waals surface area contributed by atoms with E-state index in [0.717, 1.165) is 13.2 Å². The Bertz CT molecular complexity index is 167. The monoisotopic (exact) mass is 232 g/mol. The summed E-state index contributed by atoms with van der Waals surface area (Å²) in [5, 5.41) is 0. The van der Waals surface area contributed by atoms with Crippen LogP contribution in [0.5, 0.6) is 0 Å². The topological polar surface area (TPSA) is 18.5 Å². The van der Waals surface area contributed by atoms with Crippen molar-refractivity contribution in [1.82, 2.24) is 0 Å². The second kappa shape index (κ2) is 4.98. The zero-order chi connectivity index (χ0) is 12.3. The van der Waals surface area contributed by atoms with Crippen molar-refractivity contribution in [2.24, 2.45) is 10.8 Å². The van der Waals surface area contributed by atoms with Crippen LogP contribution in [0.4, 0.5) is 0 Å². The highest BCUT2D eigenvalue weighted by atomic mass is 28.4. The van der Waals surface area contributed by atoms with Gasteiger partial charge in [-0.15, -0.1) is 0 Å². The van der Waals surface area contributed by atoms with Crippen molar-refractivity contribution in [3.8, 4) is 0 Å². The minimum absolute atomic E-state index is 0.218. The molecule has 0 rings (SSSR count). The summed E-state index contributed by atoms with van der Waals surface area (Å²) in [5.74, 6) is 0. The Hall–Kier alpha value is 0.137. The highest BCUT2D eigenvalue weighted by molar-refractivity contribution is 6.64. The first-order valence-corrected chi connectivity index (χ1v) is 8.51. The van der Waals surface area contributed by atoms with Gasteiger partial charge in [-0.2, -0.15) is 0 Å². The normalized spacial score (nSPS) is 14.4. The van der Waals surface area contributed by atoms with Crippen LogP contribution in [0.3, 0.4) is 0 Å². The van der Waals surface area contributed by atoms with Crippen LogP contribution in [0.1, 0.15) is 41.5 Å². The zero-order valence-electron chi connectivity index (χ0n) is 11.7. The molecule has 0 aliphatic rings.